The molecule has 3 fully saturated rings. The molecule has 5 nitrogen and oxygen atoms in total. The fourth-order valence-electron chi connectivity index (χ4n) is 10.5. The first-order valence-corrected chi connectivity index (χ1v) is 17.5. The summed E-state index contributed by atoms with van der Waals surface area (Å²) in [5.74, 6) is 5.10. The lowest BCUT2D eigenvalue weighted by atomic mass is 9.47. The van der Waals surface area contributed by atoms with Crippen LogP contribution in [-0.2, 0) is 9.53 Å². The molecule has 4 aliphatic rings. The smallest absolute Gasteiger partial charge is 0.344 e. The summed E-state index contributed by atoms with van der Waals surface area (Å²) >= 11 is 0. The zero-order valence-electron chi connectivity index (χ0n) is 28.0. The van der Waals surface area contributed by atoms with Gasteiger partial charge in [0.15, 0.2) is 6.61 Å². The van der Waals surface area contributed by atoms with Crippen molar-refractivity contribution in [1.29, 1.82) is 0 Å². The van der Waals surface area contributed by atoms with Crippen molar-refractivity contribution in [3.05, 3.63) is 51.9 Å². The maximum atomic E-state index is 12.8. The summed E-state index contributed by atoms with van der Waals surface area (Å²) in [6, 6.07) is 6.80. The van der Waals surface area contributed by atoms with Crippen LogP contribution in [-0.4, -0.2) is 18.7 Å². The highest BCUT2D eigenvalue weighted by Crippen LogP contribution is 2.67. The SMILES string of the molecule is Cc1cc(=O)oc2cc(OCC(=O)O[C@H]3CC[C@@]4(C)C(=CC[C@H]5[C@H]6CC[C@H]([C@H](C)CCCC(C)C)[C@@]6(C)CC[C@@H]54)C3)ccc12. The predicted molar refractivity (Wildman–Crippen MR) is 176 cm³/mol. The van der Waals surface area contributed by atoms with Gasteiger partial charge in [0.05, 0.1) is 0 Å². The molecule has 0 unspecified atom stereocenters. The second-order valence-corrected chi connectivity index (χ2v) is 15.8. The van der Waals surface area contributed by atoms with Gasteiger partial charge in [-0.1, -0.05) is 65.5 Å². The topological polar surface area (TPSA) is 65.7 Å². The maximum Gasteiger partial charge on any atom is 0.344 e. The van der Waals surface area contributed by atoms with Crippen LogP contribution in [0.4, 0.5) is 0 Å². The molecule has 0 bridgehead atoms. The number of fused-ring (bicyclic) bond motifs is 6. The number of hydrogen-bond donors (Lipinski definition) is 0. The van der Waals surface area contributed by atoms with Crippen molar-refractivity contribution in [3.8, 4) is 5.75 Å². The Morgan fingerprint density at radius 2 is 1.84 bits per heavy atom. The average Bonchev–Trinajstić information content (AvgIpc) is 3.33. The fourth-order valence-corrected chi connectivity index (χ4v) is 10.5. The molecule has 0 N–H and O–H groups in total. The highest BCUT2D eigenvalue weighted by Gasteiger charge is 2.59. The van der Waals surface area contributed by atoms with Gasteiger partial charge in [-0.3, -0.25) is 0 Å². The van der Waals surface area contributed by atoms with E-state index in [0.717, 1.165) is 65.7 Å². The molecular weight excluding hydrogens is 548 g/mol. The Kier molecular flexibility index (Phi) is 8.80. The summed E-state index contributed by atoms with van der Waals surface area (Å²) in [4.78, 5) is 24.6. The van der Waals surface area contributed by atoms with E-state index in [4.69, 9.17) is 13.9 Å². The van der Waals surface area contributed by atoms with E-state index in [1.54, 1.807) is 12.1 Å². The highest BCUT2D eigenvalue weighted by molar-refractivity contribution is 5.81. The maximum absolute atomic E-state index is 12.8. The molecule has 0 radical (unpaired) electrons. The van der Waals surface area contributed by atoms with E-state index < -0.39 is 5.63 Å². The van der Waals surface area contributed by atoms with Crippen LogP contribution >= 0.6 is 0 Å². The van der Waals surface area contributed by atoms with E-state index in [-0.39, 0.29) is 24.1 Å². The molecule has 2 aromatic rings. The van der Waals surface area contributed by atoms with Gasteiger partial charge >= 0.3 is 11.6 Å². The third-order valence-corrected chi connectivity index (χ3v) is 12.8. The van der Waals surface area contributed by atoms with Crippen LogP contribution in [0.3, 0.4) is 0 Å². The third-order valence-electron chi connectivity index (χ3n) is 12.8. The average molecular weight is 603 g/mol. The van der Waals surface area contributed by atoms with Gasteiger partial charge < -0.3 is 13.9 Å². The molecule has 1 aromatic carbocycles. The van der Waals surface area contributed by atoms with Crippen LogP contribution in [0.15, 0.2) is 45.1 Å². The number of ether oxygens (including phenoxy) is 2. The van der Waals surface area contributed by atoms with E-state index in [1.165, 1.54) is 63.0 Å². The van der Waals surface area contributed by atoms with Crippen molar-refractivity contribution in [3.63, 3.8) is 0 Å². The number of aryl methyl sites for hydroxylation is 1. The van der Waals surface area contributed by atoms with Crippen molar-refractivity contribution >= 4 is 16.9 Å². The first-order valence-electron chi connectivity index (χ1n) is 17.5. The normalized spacial score (nSPS) is 33.7. The van der Waals surface area contributed by atoms with Crippen molar-refractivity contribution in [1.82, 2.24) is 0 Å². The molecular formula is C39H54O5. The Balaban J connectivity index is 1.05. The standard InChI is InChI=1S/C39H54O5/c1-24(2)8-7-9-25(3)32-14-15-33-31-12-10-27-21-29(16-18-38(27,5)34(31)17-19-39(32,33)6)43-37(41)23-42-28-11-13-30-26(4)20-36(40)44-35(30)22-28/h10-11,13,20,22,24-25,29,31-34H,7-9,12,14-19,21,23H2,1-6H3/t25-,29+,31+,32-,33-,34+,38+,39-/m1/s1. The van der Waals surface area contributed by atoms with Crippen LogP contribution < -0.4 is 10.4 Å². The van der Waals surface area contributed by atoms with E-state index in [1.807, 2.05) is 13.0 Å². The van der Waals surface area contributed by atoms with Crippen LogP contribution in [0.25, 0.3) is 11.0 Å². The van der Waals surface area contributed by atoms with Crippen LogP contribution in [0.5, 0.6) is 5.75 Å². The lowest BCUT2D eigenvalue weighted by Gasteiger charge is -2.58. The van der Waals surface area contributed by atoms with Gasteiger partial charge in [0.25, 0.3) is 0 Å². The van der Waals surface area contributed by atoms with Crippen molar-refractivity contribution in [2.45, 2.75) is 118 Å². The highest BCUT2D eigenvalue weighted by atomic mass is 16.6. The van der Waals surface area contributed by atoms with E-state index >= 15 is 0 Å². The van der Waals surface area contributed by atoms with Crippen molar-refractivity contribution in [2.24, 2.45) is 46.3 Å². The first-order chi connectivity index (χ1) is 21.0. The second-order valence-electron chi connectivity index (χ2n) is 15.8. The van der Waals surface area contributed by atoms with Gasteiger partial charge in [0, 0.05) is 23.9 Å². The van der Waals surface area contributed by atoms with Crippen molar-refractivity contribution in [2.75, 3.05) is 6.61 Å². The van der Waals surface area contributed by atoms with Crippen LogP contribution in [0, 0.1) is 53.3 Å². The third kappa shape index (κ3) is 5.89. The minimum absolute atomic E-state index is 0.0874. The Morgan fingerprint density at radius 3 is 2.64 bits per heavy atom. The number of rotatable bonds is 9. The minimum atomic E-state index is -0.393. The number of carbonyl (C=O) groups excluding carboxylic acids is 1. The molecule has 4 aliphatic carbocycles. The number of esters is 1. The monoisotopic (exact) mass is 602 g/mol. The van der Waals surface area contributed by atoms with Gasteiger partial charge in [-0.05, 0) is 116 Å². The second kappa shape index (κ2) is 12.3. The molecule has 5 heteroatoms. The molecule has 1 heterocycles. The summed E-state index contributed by atoms with van der Waals surface area (Å²) < 4.78 is 17.0. The zero-order valence-corrected chi connectivity index (χ0v) is 28.0. The molecule has 1 aromatic heterocycles. The summed E-state index contributed by atoms with van der Waals surface area (Å²) in [6.45, 7) is 14.2. The number of carbonyl (C=O) groups is 1. The van der Waals surface area contributed by atoms with Gasteiger partial charge in [0.2, 0.25) is 0 Å². The fraction of sp³-hybridized carbons (Fsp3) is 0.692. The largest absolute Gasteiger partial charge is 0.482 e. The summed E-state index contributed by atoms with van der Waals surface area (Å²) in [6.07, 6.45) is 16.3. The first kappa shape index (κ1) is 31.4. The lowest BCUT2D eigenvalue weighted by Crippen LogP contribution is -2.51. The molecule has 0 saturated heterocycles. The molecule has 0 amide bonds. The van der Waals surface area contributed by atoms with Gasteiger partial charge in [0.1, 0.15) is 17.4 Å². The number of benzene rings is 1. The lowest BCUT2D eigenvalue weighted by molar-refractivity contribution is -0.153. The molecule has 0 aliphatic heterocycles. The van der Waals surface area contributed by atoms with Crippen LogP contribution in [0.2, 0.25) is 0 Å². The molecule has 8 atom stereocenters. The number of allylic oxidation sites excluding steroid dienone is 1. The minimum Gasteiger partial charge on any atom is -0.482 e. The predicted octanol–water partition coefficient (Wildman–Crippen LogP) is 9.43. The molecule has 44 heavy (non-hydrogen) atoms. The van der Waals surface area contributed by atoms with E-state index in [9.17, 15) is 9.59 Å². The summed E-state index contributed by atoms with van der Waals surface area (Å²) in [5.41, 5.74) is 3.19. The van der Waals surface area contributed by atoms with Crippen LogP contribution in [0.1, 0.15) is 111 Å². The molecule has 3 saturated carbocycles. The van der Waals surface area contributed by atoms with Gasteiger partial charge in [-0.2, -0.15) is 0 Å². The quantitative estimate of drug-likeness (QED) is 0.162. The summed E-state index contributed by atoms with van der Waals surface area (Å²) in [7, 11) is 0. The van der Waals surface area contributed by atoms with Gasteiger partial charge in [-0.25, -0.2) is 9.59 Å². The Bertz CT molecular complexity index is 1450. The molecule has 240 valence electrons. The molecule has 6 rings (SSSR count). The van der Waals surface area contributed by atoms with E-state index in [0.29, 0.717) is 16.7 Å². The Morgan fingerprint density at radius 1 is 1.02 bits per heavy atom. The van der Waals surface area contributed by atoms with E-state index in [2.05, 4.69) is 40.7 Å². The summed E-state index contributed by atoms with van der Waals surface area (Å²) in [5, 5.41) is 0.856. The number of hydrogen-bond acceptors (Lipinski definition) is 5. The molecule has 0 spiro atoms. The Hall–Kier alpha value is -2.56. The van der Waals surface area contributed by atoms with Crippen molar-refractivity contribution < 1.29 is 18.7 Å². The Labute approximate surface area is 264 Å². The zero-order chi connectivity index (χ0) is 31.2. The van der Waals surface area contributed by atoms with Gasteiger partial charge in [-0.15, -0.1) is 0 Å².